The van der Waals surface area contributed by atoms with Gasteiger partial charge in [-0.25, -0.2) is 4.98 Å². The van der Waals surface area contributed by atoms with Gasteiger partial charge in [0.2, 0.25) is 0 Å². The Morgan fingerprint density at radius 3 is 3.27 bits per heavy atom. The van der Waals surface area contributed by atoms with Crippen molar-refractivity contribution in [3.05, 3.63) is 18.7 Å². The van der Waals surface area contributed by atoms with Crippen LogP contribution in [0, 0.1) is 0 Å². The van der Waals surface area contributed by atoms with E-state index in [0.717, 1.165) is 24.8 Å². The molecule has 0 aromatic carbocycles. The number of hydrogen-bond acceptors (Lipinski definition) is 4. The zero-order valence-corrected chi connectivity index (χ0v) is 9.70. The Bertz CT molecular complexity index is 320. The molecular weight excluding hydrogens is 208 g/mol. The number of hydrogen-bond donors (Lipinski definition) is 1. The van der Waals surface area contributed by atoms with Gasteiger partial charge >= 0.3 is 0 Å². The molecule has 15 heavy (non-hydrogen) atoms. The second-order valence-electron chi connectivity index (χ2n) is 3.52. The van der Waals surface area contributed by atoms with Gasteiger partial charge in [-0.05, 0) is 6.42 Å². The highest BCUT2D eigenvalue weighted by atomic mass is 32.2. The summed E-state index contributed by atoms with van der Waals surface area (Å²) in [4.78, 5) is 8.45. The lowest BCUT2D eigenvalue weighted by Gasteiger charge is -2.07. The fourth-order valence-electron chi connectivity index (χ4n) is 1.44. The van der Waals surface area contributed by atoms with Crippen molar-refractivity contribution >= 4 is 16.9 Å². The molecule has 0 spiro atoms. The van der Waals surface area contributed by atoms with Gasteiger partial charge in [-0.3, -0.25) is 4.99 Å². The average Bonchev–Trinajstić information content (AvgIpc) is 2.88. The minimum absolute atomic E-state index is 0.681. The van der Waals surface area contributed by atoms with Crippen LogP contribution in [-0.4, -0.2) is 33.1 Å². The molecule has 1 aliphatic rings. The average molecular weight is 224 g/mol. The van der Waals surface area contributed by atoms with Gasteiger partial charge in [-0.2, -0.15) is 0 Å². The Morgan fingerprint density at radius 2 is 2.60 bits per heavy atom. The van der Waals surface area contributed by atoms with E-state index < -0.39 is 0 Å². The molecule has 1 atom stereocenters. The zero-order chi connectivity index (χ0) is 10.5. The van der Waals surface area contributed by atoms with Gasteiger partial charge in [0.05, 0.1) is 12.9 Å². The molecular formula is C10H16N4S. The topological polar surface area (TPSA) is 42.2 Å². The van der Waals surface area contributed by atoms with Crippen molar-refractivity contribution in [1.29, 1.82) is 0 Å². The first-order valence-corrected chi connectivity index (χ1v) is 6.17. The lowest BCUT2D eigenvalue weighted by molar-refractivity contribution is 0.675. The summed E-state index contributed by atoms with van der Waals surface area (Å²) in [7, 11) is 0. The van der Waals surface area contributed by atoms with Crippen LogP contribution in [0.4, 0.5) is 0 Å². The first-order chi connectivity index (χ1) is 7.38. The van der Waals surface area contributed by atoms with E-state index in [9.17, 15) is 0 Å². The van der Waals surface area contributed by atoms with E-state index in [0.29, 0.717) is 5.25 Å². The number of imidazole rings is 1. The fourth-order valence-corrected chi connectivity index (χ4v) is 2.40. The Morgan fingerprint density at radius 1 is 1.67 bits per heavy atom. The summed E-state index contributed by atoms with van der Waals surface area (Å²) in [6, 6.07) is 0. The van der Waals surface area contributed by atoms with Crippen LogP contribution < -0.4 is 5.32 Å². The maximum absolute atomic E-state index is 4.45. The van der Waals surface area contributed by atoms with Gasteiger partial charge in [0.25, 0.3) is 0 Å². The molecule has 1 N–H and O–H groups in total. The molecule has 0 amide bonds. The van der Waals surface area contributed by atoms with E-state index >= 15 is 0 Å². The summed E-state index contributed by atoms with van der Waals surface area (Å²) < 4.78 is 2.06. The molecule has 1 aromatic heterocycles. The van der Waals surface area contributed by atoms with E-state index in [4.69, 9.17) is 0 Å². The van der Waals surface area contributed by atoms with Gasteiger partial charge < -0.3 is 9.88 Å². The Balaban J connectivity index is 1.67. The molecule has 1 aliphatic heterocycles. The molecule has 1 unspecified atom stereocenters. The van der Waals surface area contributed by atoms with Crippen LogP contribution in [0.1, 0.15) is 13.3 Å². The number of thioether (sulfide) groups is 1. The highest BCUT2D eigenvalue weighted by Gasteiger charge is 2.16. The number of rotatable bonds is 4. The highest BCUT2D eigenvalue weighted by molar-refractivity contribution is 8.14. The van der Waals surface area contributed by atoms with Crippen LogP contribution in [-0.2, 0) is 6.54 Å². The molecule has 4 nitrogen and oxygen atoms in total. The standard InChI is InChI=1S/C10H16N4S/c1-2-9-7-13-10(15-9)12-4-6-14-5-3-11-8-14/h3,5,8-9H,2,4,6-7H2,1H3,(H,12,13). The molecule has 0 saturated carbocycles. The first kappa shape index (κ1) is 10.5. The van der Waals surface area contributed by atoms with E-state index in [2.05, 4.69) is 26.8 Å². The third kappa shape index (κ3) is 2.99. The summed E-state index contributed by atoms with van der Waals surface area (Å²) in [6.45, 7) is 5.03. The van der Waals surface area contributed by atoms with E-state index in [-0.39, 0.29) is 0 Å². The molecule has 2 rings (SSSR count). The Kier molecular flexibility index (Phi) is 3.66. The quantitative estimate of drug-likeness (QED) is 0.839. The molecule has 82 valence electrons. The first-order valence-electron chi connectivity index (χ1n) is 5.29. The molecule has 0 saturated heterocycles. The van der Waals surface area contributed by atoms with E-state index in [1.807, 2.05) is 24.3 Å². The van der Waals surface area contributed by atoms with Gasteiger partial charge in [0, 0.05) is 30.7 Å². The smallest absolute Gasteiger partial charge is 0.156 e. The molecule has 0 bridgehead atoms. The van der Waals surface area contributed by atoms with E-state index in [1.165, 1.54) is 6.42 Å². The van der Waals surface area contributed by atoms with Crippen molar-refractivity contribution < 1.29 is 0 Å². The fraction of sp³-hybridized carbons (Fsp3) is 0.600. The third-order valence-electron chi connectivity index (χ3n) is 2.38. The molecule has 5 heteroatoms. The van der Waals surface area contributed by atoms with Crippen LogP contribution in [0.15, 0.2) is 23.7 Å². The lowest BCUT2D eigenvalue weighted by Crippen LogP contribution is -2.23. The van der Waals surface area contributed by atoms with Crippen molar-refractivity contribution in [1.82, 2.24) is 14.9 Å². The molecule has 2 heterocycles. The minimum Gasteiger partial charge on any atom is -0.363 e. The number of aliphatic imine (C=N–C) groups is 1. The molecule has 0 fully saturated rings. The maximum atomic E-state index is 4.45. The predicted molar refractivity (Wildman–Crippen MR) is 64.2 cm³/mol. The highest BCUT2D eigenvalue weighted by Crippen LogP contribution is 2.21. The van der Waals surface area contributed by atoms with E-state index in [1.54, 1.807) is 6.20 Å². The van der Waals surface area contributed by atoms with Crippen molar-refractivity contribution in [3.8, 4) is 0 Å². The third-order valence-corrected chi connectivity index (χ3v) is 3.69. The van der Waals surface area contributed by atoms with Crippen molar-refractivity contribution in [3.63, 3.8) is 0 Å². The van der Waals surface area contributed by atoms with Gasteiger partial charge in [-0.1, -0.05) is 18.7 Å². The van der Waals surface area contributed by atoms with Gasteiger partial charge in [0.15, 0.2) is 5.17 Å². The number of amidine groups is 1. The summed E-state index contributed by atoms with van der Waals surface area (Å²) in [5, 5.41) is 5.13. The van der Waals surface area contributed by atoms with Crippen molar-refractivity contribution in [2.24, 2.45) is 4.99 Å². The van der Waals surface area contributed by atoms with Crippen molar-refractivity contribution in [2.75, 3.05) is 13.1 Å². The Hall–Kier alpha value is -0.970. The van der Waals surface area contributed by atoms with Gasteiger partial charge in [0.1, 0.15) is 0 Å². The Labute approximate surface area is 94.2 Å². The predicted octanol–water partition coefficient (Wildman–Crippen LogP) is 1.35. The summed E-state index contributed by atoms with van der Waals surface area (Å²) in [5.74, 6) is 0. The van der Waals surface area contributed by atoms with Gasteiger partial charge in [-0.15, -0.1) is 0 Å². The molecule has 1 aromatic rings. The van der Waals surface area contributed by atoms with Crippen LogP contribution in [0.3, 0.4) is 0 Å². The largest absolute Gasteiger partial charge is 0.363 e. The summed E-state index contributed by atoms with van der Waals surface area (Å²) in [5.41, 5.74) is 0. The van der Waals surface area contributed by atoms with Crippen molar-refractivity contribution in [2.45, 2.75) is 25.1 Å². The molecule has 0 radical (unpaired) electrons. The monoisotopic (exact) mass is 224 g/mol. The second kappa shape index (κ2) is 5.21. The summed E-state index contributed by atoms with van der Waals surface area (Å²) >= 11 is 1.86. The SMILES string of the molecule is CCC1CN=C(NCCn2ccnc2)S1. The zero-order valence-electron chi connectivity index (χ0n) is 8.89. The minimum atomic E-state index is 0.681. The normalized spacial score (nSPS) is 20.3. The lowest BCUT2D eigenvalue weighted by atomic mass is 10.3. The number of nitrogens with one attached hydrogen (secondary N) is 1. The number of nitrogens with zero attached hydrogens (tertiary/aromatic N) is 3. The van der Waals surface area contributed by atoms with Crippen LogP contribution in [0.5, 0.6) is 0 Å². The van der Waals surface area contributed by atoms with Crippen LogP contribution in [0.2, 0.25) is 0 Å². The second-order valence-corrected chi connectivity index (χ2v) is 4.81. The van der Waals surface area contributed by atoms with Crippen LogP contribution >= 0.6 is 11.8 Å². The van der Waals surface area contributed by atoms with Crippen LogP contribution in [0.25, 0.3) is 0 Å². The molecule has 0 aliphatic carbocycles. The maximum Gasteiger partial charge on any atom is 0.156 e. The summed E-state index contributed by atoms with van der Waals surface area (Å²) in [6.07, 6.45) is 6.80. The number of aromatic nitrogens is 2.